The molecule has 0 atom stereocenters. The number of nitrogens with one attached hydrogen (secondary N) is 1. The van der Waals surface area contributed by atoms with Crippen molar-refractivity contribution < 1.29 is 0 Å². The normalized spacial score (nSPS) is 19.6. The average Bonchev–Trinajstić information content (AvgIpc) is 3.17. The summed E-state index contributed by atoms with van der Waals surface area (Å²) in [6.45, 7) is 11.8. The quantitative estimate of drug-likeness (QED) is 0.386. The number of aliphatic imine (C=N–C) groups is 1. The van der Waals surface area contributed by atoms with E-state index in [0.29, 0.717) is 0 Å². The lowest BCUT2D eigenvalue weighted by Crippen LogP contribution is -2.52. The van der Waals surface area contributed by atoms with Crippen molar-refractivity contribution in [1.29, 1.82) is 0 Å². The largest absolute Gasteiger partial charge is 0.360 e. The van der Waals surface area contributed by atoms with Crippen molar-refractivity contribution in [3.8, 4) is 0 Å². The number of hydrogen-bond donors (Lipinski definition) is 1. The summed E-state index contributed by atoms with van der Waals surface area (Å²) in [5.41, 5.74) is 0. The van der Waals surface area contributed by atoms with E-state index in [1.54, 1.807) is 0 Å². The summed E-state index contributed by atoms with van der Waals surface area (Å²) in [4.78, 5) is 12.3. The van der Waals surface area contributed by atoms with Crippen molar-refractivity contribution in [2.75, 3.05) is 75.3 Å². The fourth-order valence-corrected chi connectivity index (χ4v) is 4.90. The monoisotopic (exact) mass is 495 g/mol. The number of guanidine groups is 1. The Morgan fingerprint density at radius 1 is 1.16 bits per heavy atom. The third kappa shape index (κ3) is 6.48. The topological polar surface area (TPSA) is 34.1 Å². The molecule has 1 N–H and O–H groups in total. The molecule has 0 saturated carbocycles. The van der Waals surface area contributed by atoms with Crippen LogP contribution in [-0.2, 0) is 0 Å². The summed E-state index contributed by atoms with van der Waals surface area (Å²) in [5.74, 6) is 3.64. The molecule has 3 rings (SSSR count). The first kappa shape index (κ1) is 21.1. The third-order valence-corrected chi connectivity index (χ3v) is 6.38. The third-order valence-electron chi connectivity index (χ3n) is 4.51. The number of rotatable bonds is 5. The van der Waals surface area contributed by atoms with E-state index >= 15 is 0 Å². The minimum absolute atomic E-state index is 0. The first-order valence-corrected chi connectivity index (χ1v) is 11.0. The van der Waals surface area contributed by atoms with E-state index in [9.17, 15) is 0 Å². The maximum absolute atomic E-state index is 4.89. The van der Waals surface area contributed by atoms with Gasteiger partial charge >= 0.3 is 0 Å². The van der Waals surface area contributed by atoms with Gasteiger partial charge in [-0.05, 0) is 24.4 Å². The Labute approximate surface area is 177 Å². The predicted molar refractivity (Wildman–Crippen MR) is 123 cm³/mol. The van der Waals surface area contributed by atoms with Crippen molar-refractivity contribution in [2.24, 2.45) is 4.99 Å². The second-order valence-corrected chi connectivity index (χ2v) is 8.27. The number of piperazine rings is 1. The van der Waals surface area contributed by atoms with Gasteiger partial charge in [-0.25, -0.2) is 0 Å². The Morgan fingerprint density at radius 2 is 1.92 bits per heavy atom. The summed E-state index contributed by atoms with van der Waals surface area (Å²) in [5, 5.41) is 7.02. The Hall–Kier alpha value is -0.190. The summed E-state index contributed by atoms with van der Waals surface area (Å²) in [7, 11) is 0. The van der Waals surface area contributed by atoms with Gasteiger partial charge in [-0.2, -0.15) is 11.8 Å². The zero-order valence-electron chi connectivity index (χ0n) is 15.0. The lowest BCUT2D eigenvalue weighted by molar-refractivity contribution is 0.310. The molecule has 3 heterocycles. The van der Waals surface area contributed by atoms with Crippen LogP contribution >= 0.6 is 47.1 Å². The molecule has 0 aromatic carbocycles. The van der Waals surface area contributed by atoms with Crippen molar-refractivity contribution in [2.45, 2.75) is 6.92 Å². The van der Waals surface area contributed by atoms with Crippen LogP contribution in [0.15, 0.2) is 22.5 Å². The van der Waals surface area contributed by atoms with Gasteiger partial charge < -0.3 is 15.1 Å². The van der Waals surface area contributed by atoms with E-state index in [4.69, 9.17) is 4.99 Å². The molecule has 0 aliphatic carbocycles. The minimum Gasteiger partial charge on any atom is -0.360 e. The highest BCUT2D eigenvalue weighted by molar-refractivity contribution is 14.0. The fraction of sp³-hybridized carbons (Fsp3) is 0.706. The zero-order valence-corrected chi connectivity index (χ0v) is 19.0. The standard InChI is InChI=1S/C17H29N5S2.HI/c1-2-18-17(19-5-6-20-11-14-23-15-12-20)22-9-7-21(8-10-22)16-4-3-13-24-16;/h3-4,13H,2,5-12,14-15H2,1H3,(H,18,19);1H. The van der Waals surface area contributed by atoms with E-state index in [1.807, 2.05) is 11.3 Å². The molecule has 2 aliphatic heterocycles. The molecule has 2 fully saturated rings. The first-order chi connectivity index (χ1) is 11.9. The molecular weight excluding hydrogens is 465 g/mol. The van der Waals surface area contributed by atoms with Crippen LogP contribution < -0.4 is 10.2 Å². The Balaban J connectivity index is 0.00000225. The van der Waals surface area contributed by atoms with Gasteiger partial charge in [0, 0.05) is 63.9 Å². The van der Waals surface area contributed by atoms with Gasteiger partial charge in [0.25, 0.3) is 0 Å². The number of hydrogen-bond acceptors (Lipinski definition) is 5. The summed E-state index contributed by atoms with van der Waals surface area (Å²) < 4.78 is 0. The lowest BCUT2D eigenvalue weighted by Gasteiger charge is -2.37. The number of thiophene rings is 1. The van der Waals surface area contributed by atoms with E-state index in [1.165, 1.54) is 29.6 Å². The molecule has 1 aromatic rings. The van der Waals surface area contributed by atoms with Gasteiger partial charge in [-0.3, -0.25) is 9.89 Å². The maximum Gasteiger partial charge on any atom is 0.194 e. The molecule has 2 saturated heterocycles. The summed E-state index contributed by atoms with van der Waals surface area (Å²) in [6.07, 6.45) is 0. The van der Waals surface area contributed by atoms with Crippen LogP contribution in [0.25, 0.3) is 0 Å². The van der Waals surface area contributed by atoms with Gasteiger partial charge in [0.05, 0.1) is 11.5 Å². The van der Waals surface area contributed by atoms with Crippen LogP contribution in [-0.4, -0.2) is 86.2 Å². The average molecular weight is 496 g/mol. The first-order valence-electron chi connectivity index (χ1n) is 8.98. The number of anilines is 1. The second-order valence-electron chi connectivity index (χ2n) is 6.12. The molecule has 0 unspecified atom stereocenters. The van der Waals surface area contributed by atoms with E-state index in [0.717, 1.165) is 51.8 Å². The van der Waals surface area contributed by atoms with Crippen LogP contribution in [0.5, 0.6) is 0 Å². The van der Waals surface area contributed by atoms with E-state index in [-0.39, 0.29) is 24.0 Å². The molecule has 25 heavy (non-hydrogen) atoms. The van der Waals surface area contributed by atoms with Crippen LogP contribution in [0.1, 0.15) is 6.92 Å². The molecule has 142 valence electrons. The van der Waals surface area contributed by atoms with Gasteiger partial charge in [0.15, 0.2) is 5.96 Å². The van der Waals surface area contributed by atoms with Crippen molar-refractivity contribution in [1.82, 2.24) is 15.1 Å². The van der Waals surface area contributed by atoms with E-state index < -0.39 is 0 Å². The van der Waals surface area contributed by atoms with Crippen LogP contribution in [0.3, 0.4) is 0 Å². The van der Waals surface area contributed by atoms with Gasteiger partial charge in [-0.1, -0.05) is 0 Å². The molecule has 0 radical (unpaired) electrons. The van der Waals surface area contributed by atoms with Crippen LogP contribution in [0.4, 0.5) is 5.00 Å². The highest BCUT2D eigenvalue weighted by Gasteiger charge is 2.20. The number of thioether (sulfide) groups is 1. The van der Waals surface area contributed by atoms with Crippen molar-refractivity contribution >= 4 is 58.0 Å². The van der Waals surface area contributed by atoms with Gasteiger partial charge in [0.1, 0.15) is 0 Å². The van der Waals surface area contributed by atoms with Gasteiger partial charge in [0.2, 0.25) is 0 Å². The molecular formula is C17H30IN5S2. The molecule has 8 heteroatoms. The SMILES string of the molecule is CCNC(=NCCN1CCSCC1)N1CCN(c2cccs2)CC1.I. The van der Waals surface area contributed by atoms with E-state index in [2.05, 4.69) is 56.2 Å². The Kier molecular flexibility index (Phi) is 9.72. The number of nitrogens with zero attached hydrogens (tertiary/aromatic N) is 4. The molecule has 1 aromatic heterocycles. The molecule has 0 spiro atoms. The maximum atomic E-state index is 4.89. The lowest BCUT2D eigenvalue weighted by atomic mass is 10.3. The fourth-order valence-electron chi connectivity index (χ4n) is 3.14. The van der Waals surface area contributed by atoms with Crippen molar-refractivity contribution in [3.05, 3.63) is 17.5 Å². The summed E-state index contributed by atoms with van der Waals surface area (Å²) in [6, 6.07) is 4.35. The molecule has 0 bridgehead atoms. The minimum atomic E-state index is 0. The molecule has 5 nitrogen and oxygen atoms in total. The second kappa shape index (κ2) is 11.5. The van der Waals surface area contributed by atoms with Crippen molar-refractivity contribution in [3.63, 3.8) is 0 Å². The zero-order chi connectivity index (χ0) is 16.6. The van der Waals surface area contributed by atoms with Crippen LogP contribution in [0.2, 0.25) is 0 Å². The number of halogens is 1. The Bertz CT molecular complexity index is 497. The highest BCUT2D eigenvalue weighted by atomic mass is 127. The molecule has 0 amide bonds. The van der Waals surface area contributed by atoms with Crippen LogP contribution in [0, 0.1) is 0 Å². The smallest absolute Gasteiger partial charge is 0.194 e. The highest BCUT2D eigenvalue weighted by Crippen LogP contribution is 2.22. The molecule has 2 aliphatic rings. The Morgan fingerprint density at radius 3 is 2.56 bits per heavy atom. The predicted octanol–water partition coefficient (Wildman–Crippen LogP) is 2.50. The summed E-state index contributed by atoms with van der Waals surface area (Å²) >= 11 is 3.90. The van der Waals surface area contributed by atoms with Gasteiger partial charge in [-0.15, -0.1) is 35.3 Å².